The molecule has 2 aromatic carbocycles. The van der Waals surface area contributed by atoms with Crippen molar-refractivity contribution in [2.45, 2.75) is 13.8 Å². The maximum atomic E-state index is 13.3. The smallest absolute Gasteiger partial charge is 0.266 e. The molecule has 1 N–H and O–H groups in total. The number of amides is 3. The summed E-state index contributed by atoms with van der Waals surface area (Å²) < 4.78 is 0.402. The molecule has 0 unspecified atom stereocenters. The first kappa shape index (κ1) is 20.3. The van der Waals surface area contributed by atoms with Crippen molar-refractivity contribution in [3.63, 3.8) is 0 Å². The zero-order valence-electron chi connectivity index (χ0n) is 16.7. The van der Waals surface area contributed by atoms with Crippen LogP contribution in [0.4, 0.5) is 11.4 Å². The second-order valence-electron chi connectivity index (χ2n) is 7.21. The van der Waals surface area contributed by atoms with Crippen molar-refractivity contribution in [1.29, 1.82) is 0 Å². The number of benzene rings is 2. The van der Waals surface area contributed by atoms with Gasteiger partial charge in [0.2, 0.25) is 5.91 Å². The fourth-order valence-corrected chi connectivity index (χ4v) is 4.79. The van der Waals surface area contributed by atoms with E-state index >= 15 is 0 Å². The molecule has 3 amide bonds. The van der Waals surface area contributed by atoms with E-state index in [1.165, 1.54) is 9.80 Å². The van der Waals surface area contributed by atoms with Crippen LogP contribution in [-0.4, -0.2) is 40.5 Å². The van der Waals surface area contributed by atoms with Gasteiger partial charge < -0.3 is 5.32 Å². The summed E-state index contributed by atoms with van der Waals surface area (Å²) in [6.07, 6.45) is 0. The van der Waals surface area contributed by atoms with Gasteiger partial charge in [-0.3, -0.25) is 24.2 Å². The number of carbonyl (C=O) groups is 3. The first-order chi connectivity index (χ1) is 14.3. The molecular weight excluding hydrogens is 418 g/mol. The molecule has 6 nitrogen and oxygen atoms in total. The topological polar surface area (TPSA) is 69.7 Å². The van der Waals surface area contributed by atoms with Gasteiger partial charge in [-0.05, 0) is 31.5 Å². The van der Waals surface area contributed by atoms with Crippen LogP contribution in [0.3, 0.4) is 0 Å². The third-order valence-corrected chi connectivity index (χ3v) is 6.63. The highest BCUT2D eigenvalue weighted by Gasteiger charge is 2.41. The predicted molar refractivity (Wildman–Crippen MR) is 123 cm³/mol. The van der Waals surface area contributed by atoms with E-state index in [1.807, 2.05) is 32.0 Å². The van der Waals surface area contributed by atoms with Crippen molar-refractivity contribution in [1.82, 2.24) is 4.90 Å². The van der Waals surface area contributed by atoms with Crippen molar-refractivity contribution in [3.05, 3.63) is 64.1 Å². The number of carbonyl (C=O) groups excluding carboxylic acids is 3. The molecule has 8 heteroatoms. The number of nitrogens with one attached hydrogen (secondary N) is 1. The van der Waals surface area contributed by atoms with Gasteiger partial charge in [0.15, 0.2) is 0 Å². The van der Waals surface area contributed by atoms with Crippen LogP contribution in [0.2, 0.25) is 0 Å². The summed E-state index contributed by atoms with van der Waals surface area (Å²) in [5.74, 6) is -0.986. The van der Waals surface area contributed by atoms with Gasteiger partial charge in [-0.15, -0.1) is 0 Å². The number of hydrogen-bond donors (Lipinski definition) is 1. The van der Waals surface area contributed by atoms with Gasteiger partial charge >= 0.3 is 0 Å². The van der Waals surface area contributed by atoms with E-state index < -0.39 is 0 Å². The lowest BCUT2D eigenvalue weighted by Crippen LogP contribution is -2.35. The molecule has 1 saturated heterocycles. The van der Waals surface area contributed by atoms with E-state index in [0.29, 0.717) is 31.7 Å². The number of thioether (sulfide) groups is 1. The SMILES string of the molecule is Cc1ccc(NC(=O)CN2C(=O)/C(=C3\SC(=S)N(C)C3=O)c3ccccc32)c(C)c1. The predicted octanol–water partition coefficient (Wildman–Crippen LogP) is 3.49. The third kappa shape index (κ3) is 3.42. The van der Waals surface area contributed by atoms with Crippen LogP contribution in [0.5, 0.6) is 0 Å². The molecule has 0 aliphatic carbocycles. The summed E-state index contributed by atoms with van der Waals surface area (Å²) in [6, 6.07) is 12.9. The molecule has 0 radical (unpaired) electrons. The van der Waals surface area contributed by atoms with Crippen molar-refractivity contribution in [2.24, 2.45) is 0 Å². The Hall–Kier alpha value is -2.97. The number of likely N-dealkylation sites (N-methyl/N-ethyl adjacent to an activating group) is 1. The molecule has 4 rings (SSSR count). The number of thiocarbonyl (C=S) groups is 1. The summed E-state index contributed by atoms with van der Waals surface area (Å²) >= 11 is 6.32. The molecule has 152 valence electrons. The van der Waals surface area contributed by atoms with Crippen LogP contribution in [0, 0.1) is 13.8 Å². The lowest BCUT2D eigenvalue weighted by molar-refractivity contribution is -0.121. The summed E-state index contributed by atoms with van der Waals surface area (Å²) in [5.41, 5.74) is 4.30. The van der Waals surface area contributed by atoms with Crippen molar-refractivity contribution < 1.29 is 14.4 Å². The van der Waals surface area contributed by atoms with Crippen LogP contribution in [-0.2, 0) is 14.4 Å². The Kier molecular flexibility index (Phi) is 5.21. The van der Waals surface area contributed by atoms with Crippen LogP contribution < -0.4 is 10.2 Å². The summed E-state index contributed by atoms with van der Waals surface area (Å²) in [5, 5.41) is 2.87. The fourth-order valence-electron chi connectivity index (χ4n) is 3.54. The molecule has 1 fully saturated rings. The minimum absolute atomic E-state index is 0.154. The Balaban J connectivity index is 1.65. The standard InChI is InChI=1S/C22H19N3O3S2/c1-12-8-9-15(13(2)10-12)23-17(26)11-25-16-7-5-4-6-14(16)18(20(25)27)19-21(28)24(3)22(29)30-19/h4-10H,11H2,1-3H3,(H,23,26)/b19-18-. The second kappa shape index (κ2) is 7.70. The number of anilines is 2. The van der Waals surface area contributed by atoms with E-state index in [2.05, 4.69) is 5.32 Å². The molecule has 0 saturated carbocycles. The van der Waals surface area contributed by atoms with Gasteiger partial charge in [-0.2, -0.15) is 0 Å². The number of aryl methyl sites for hydroxylation is 2. The molecule has 0 spiro atoms. The van der Waals surface area contributed by atoms with Gasteiger partial charge in [0.25, 0.3) is 11.8 Å². The summed E-state index contributed by atoms with van der Waals surface area (Å²) in [6.45, 7) is 3.75. The second-order valence-corrected chi connectivity index (χ2v) is 8.86. The third-order valence-electron chi connectivity index (χ3n) is 5.07. The summed E-state index contributed by atoms with van der Waals surface area (Å²) in [4.78, 5) is 41.7. The molecule has 0 aromatic heterocycles. The maximum Gasteiger partial charge on any atom is 0.266 e. The maximum absolute atomic E-state index is 13.3. The van der Waals surface area contributed by atoms with Crippen molar-refractivity contribution in [2.75, 3.05) is 23.8 Å². The van der Waals surface area contributed by atoms with Crippen LogP contribution in [0.15, 0.2) is 47.4 Å². The number of nitrogens with zero attached hydrogens (tertiary/aromatic N) is 2. The molecule has 0 bridgehead atoms. The Morgan fingerprint density at radius 1 is 1.10 bits per heavy atom. The molecule has 30 heavy (non-hydrogen) atoms. The van der Waals surface area contributed by atoms with Gasteiger partial charge in [-0.25, -0.2) is 0 Å². The quantitative estimate of drug-likeness (QED) is 0.588. The minimum atomic E-state index is -0.374. The van der Waals surface area contributed by atoms with E-state index in [1.54, 1.807) is 31.3 Å². The zero-order valence-corrected chi connectivity index (χ0v) is 18.3. The largest absolute Gasteiger partial charge is 0.324 e. The van der Waals surface area contributed by atoms with E-state index in [0.717, 1.165) is 22.9 Å². The fraction of sp³-hybridized carbons (Fsp3) is 0.182. The van der Waals surface area contributed by atoms with Crippen LogP contribution in [0.1, 0.15) is 16.7 Å². The number of fused-ring (bicyclic) bond motifs is 1. The zero-order chi connectivity index (χ0) is 21.6. The lowest BCUT2D eigenvalue weighted by atomic mass is 10.1. The van der Waals surface area contributed by atoms with Crippen molar-refractivity contribution >= 4 is 63.0 Å². The van der Waals surface area contributed by atoms with Gasteiger partial charge in [0.05, 0.1) is 16.2 Å². The van der Waals surface area contributed by atoms with Gasteiger partial charge in [0.1, 0.15) is 10.9 Å². The summed E-state index contributed by atoms with van der Waals surface area (Å²) in [7, 11) is 1.59. The Morgan fingerprint density at radius 2 is 1.83 bits per heavy atom. The average molecular weight is 438 g/mol. The highest BCUT2D eigenvalue weighted by molar-refractivity contribution is 8.26. The Morgan fingerprint density at radius 3 is 2.50 bits per heavy atom. The molecule has 2 heterocycles. The van der Waals surface area contributed by atoms with Crippen LogP contribution >= 0.6 is 24.0 Å². The first-order valence-electron chi connectivity index (χ1n) is 9.30. The first-order valence-corrected chi connectivity index (χ1v) is 10.5. The van der Waals surface area contributed by atoms with E-state index in [-0.39, 0.29) is 24.3 Å². The highest BCUT2D eigenvalue weighted by Crippen LogP contribution is 2.44. The molecule has 0 atom stereocenters. The lowest BCUT2D eigenvalue weighted by Gasteiger charge is -2.17. The Bertz CT molecular complexity index is 1160. The van der Waals surface area contributed by atoms with Crippen molar-refractivity contribution in [3.8, 4) is 0 Å². The number of rotatable bonds is 3. The van der Waals surface area contributed by atoms with Gasteiger partial charge in [0, 0.05) is 18.3 Å². The number of para-hydroxylation sites is 1. The molecule has 2 aliphatic heterocycles. The van der Waals surface area contributed by atoms with E-state index in [9.17, 15) is 14.4 Å². The monoisotopic (exact) mass is 437 g/mol. The normalized spacial score (nSPS) is 18.3. The van der Waals surface area contributed by atoms with E-state index in [4.69, 9.17) is 12.2 Å². The van der Waals surface area contributed by atoms with Crippen LogP contribution in [0.25, 0.3) is 5.57 Å². The number of hydrogen-bond acceptors (Lipinski definition) is 5. The average Bonchev–Trinajstić information content (AvgIpc) is 3.12. The molecule has 2 aliphatic rings. The molecular formula is C22H19N3O3S2. The highest BCUT2D eigenvalue weighted by atomic mass is 32.2. The minimum Gasteiger partial charge on any atom is -0.324 e. The Labute approximate surface area is 183 Å². The van der Waals surface area contributed by atoms with Gasteiger partial charge in [-0.1, -0.05) is 59.9 Å². The molecule has 2 aromatic rings.